The topological polar surface area (TPSA) is 46.5 Å². The predicted octanol–water partition coefficient (Wildman–Crippen LogP) is 4.33. The van der Waals surface area contributed by atoms with Crippen LogP contribution in [0.5, 0.6) is 0 Å². The molecule has 0 saturated heterocycles. The largest absolute Gasteiger partial charge is 0.462 e. The molecule has 4 heteroatoms. The fourth-order valence-corrected chi connectivity index (χ4v) is 6.63. The number of alkyl halides is 1. The van der Waals surface area contributed by atoms with Gasteiger partial charge in [0.15, 0.2) is 0 Å². The van der Waals surface area contributed by atoms with Crippen molar-refractivity contribution in [3.63, 3.8) is 0 Å². The number of rotatable bonds is 1. The van der Waals surface area contributed by atoms with Gasteiger partial charge >= 0.3 is 5.97 Å². The average Bonchev–Trinajstić information content (AvgIpc) is 2.78. The van der Waals surface area contributed by atoms with Crippen LogP contribution >= 0.6 is 0 Å². The van der Waals surface area contributed by atoms with Gasteiger partial charge in [0, 0.05) is 19.3 Å². The molecule has 2 fully saturated rings. The molecule has 0 aromatic heterocycles. The highest BCUT2D eigenvalue weighted by Crippen LogP contribution is 2.60. The quantitative estimate of drug-likeness (QED) is 0.565. The first-order valence-electron chi connectivity index (χ1n) is 10.1. The number of esters is 1. The molecule has 25 heavy (non-hydrogen) atoms. The normalized spacial score (nSPS) is 46.7. The van der Waals surface area contributed by atoms with Crippen molar-refractivity contribution in [2.24, 2.45) is 23.2 Å². The summed E-state index contributed by atoms with van der Waals surface area (Å²) < 4.78 is 20.7. The van der Waals surface area contributed by atoms with Gasteiger partial charge in [0.25, 0.3) is 0 Å². The number of ether oxygens (including phenoxy) is 1. The lowest BCUT2D eigenvalue weighted by Crippen LogP contribution is -2.46. The summed E-state index contributed by atoms with van der Waals surface area (Å²) in [7, 11) is 0. The van der Waals surface area contributed by atoms with Crippen LogP contribution in [0.25, 0.3) is 0 Å². The van der Waals surface area contributed by atoms with Crippen LogP contribution in [-0.4, -0.2) is 29.5 Å². The lowest BCUT2D eigenvalue weighted by atomic mass is 9.56. The Bertz CT molecular complexity index is 586. The predicted molar refractivity (Wildman–Crippen MR) is 93.6 cm³/mol. The Labute approximate surface area is 150 Å². The van der Waals surface area contributed by atoms with E-state index in [4.69, 9.17) is 4.74 Å². The zero-order valence-corrected chi connectivity index (χ0v) is 15.5. The van der Waals surface area contributed by atoms with Gasteiger partial charge in [-0.15, -0.1) is 0 Å². The maximum absolute atomic E-state index is 15.3. The van der Waals surface area contributed by atoms with E-state index in [2.05, 4.69) is 6.92 Å². The molecule has 0 radical (unpaired) electrons. The van der Waals surface area contributed by atoms with Crippen molar-refractivity contribution in [2.75, 3.05) is 0 Å². The zero-order chi connectivity index (χ0) is 17.8. The van der Waals surface area contributed by atoms with Crippen LogP contribution < -0.4 is 0 Å². The van der Waals surface area contributed by atoms with Crippen LogP contribution in [0.15, 0.2) is 11.1 Å². The molecule has 0 aliphatic heterocycles. The molecular weight excluding hydrogens is 319 g/mol. The van der Waals surface area contributed by atoms with E-state index in [1.54, 1.807) is 0 Å². The van der Waals surface area contributed by atoms with Gasteiger partial charge in [-0.05, 0) is 68.6 Å². The Morgan fingerprint density at radius 1 is 1.20 bits per heavy atom. The Morgan fingerprint density at radius 2 is 2.00 bits per heavy atom. The molecule has 0 amide bonds. The average molecular weight is 350 g/mol. The number of fused-ring (bicyclic) bond motifs is 4. The number of halogens is 1. The minimum atomic E-state index is -0.766. The monoisotopic (exact) mass is 350 g/mol. The highest BCUT2D eigenvalue weighted by Gasteiger charge is 2.56. The molecule has 0 heterocycles. The Morgan fingerprint density at radius 3 is 2.76 bits per heavy atom. The maximum atomic E-state index is 15.3. The summed E-state index contributed by atoms with van der Waals surface area (Å²) in [6.45, 7) is 3.66. The molecule has 4 aliphatic carbocycles. The van der Waals surface area contributed by atoms with E-state index < -0.39 is 6.17 Å². The third-order valence-corrected chi connectivity index (χ3v) is 7.87. The van der Waals surface area contributed by atoms with Crippen molar-refractivity contribution in [1.29, 1.82) is 0 Å². The van der Waals surface area contributed by atoms with Crippen LogP contribution in [0.2, 0.25) is 0 Å². The number of allylic oxidation sites excluding steroid dienone is 1. The Hall–Kier alpha value is -0.900. The highest BCUT2D eigenvalue weighted by molar-refractivity contribution is 5.66. The van der Waals surface area contributed by atoms with Gasteiger partial charge in [-0.3, -0.25) is 4.79 Å². The summed E-state index contributed by atoms with van der Waals surface area (Å²) in [5, 5.41) is 10.5. The molecule has 1 N–H and O–H groups in total. The standard InChI is InChI=1S/C21H31FO3/c1-12(23)25-14-4-5-15-13(11-14)3-7-18(22)20-16(15)9-10-21(2)17(20)6-8-19(21)24/h14,16-20,24H,3-11H2,1-2H3/t14-,16-,17-,18-,19+,20-,21-/m1/s1. The molecule has 3 nitrogen and oxygen atoms in total. The number of aliphatic hydroxyl groups is 1. The minimum absolute atomic E-state index is 0.0204. The SMILES string of the molecule is CC(=O)O[C@@H]1CCC2=C(CC[C@@H](F)[C@@H]3[C@@H]2CC[C@]2(C)[C@@H]3CC[C@@H]2O)C1. The van der Waals surface area contributed by atoms with Gasteiger partial charge in [-0.25, -0.2) is 4.39 Å². The molecule has 4 aliphatic rings. The van der Waals surface area contributed by atoms with Crippen molar-refractivity contribution in [1.82, 2.24) is 0 Å². The van der Waals surface area contributed by atoms with E-state index in [9.17, 15) is 9.90 Å². The van der Waals surface area contributed by atoms with Gasteiger partial charge in [0.05, 0.1) is 6.10 Å². The molecule has 4 rings (SSSR count). The second-order valence-electron chi connectivity index (χ2n) is 9.09. The van der Waals surface area contributed by atoms with E-state index in [1.807, 2.05) is 0 Å². The lowest BCUT2D eigenvalue weighted by Gasteiger charge is -2.49. The molecule has 7 atom stereocenters. The van der Waals surface area contributed by atoms with Gasteiger partial charge < -0.3 is 9.84 Å². The fourth-order valence-electron chi connectivity index (χ4n) is 6.63. The van der Waals surface area contributed by atoms with E-state index >= 15 is 4.39 Å². The number of hydrogen-bond acceptors (Lipinski definition) is 3. The number of aliphatic hydroxyl groups excluding tert-OH is 1. The molecule has 140 valence electrons. The number of carbonyl (C=O) groups excluding carboxylic acids is 1. The van der Waals surface area contributed by atoms with Crippen molar-refractivity contribution < 1.29 is 19.0 Å². The summed E-state index contributed by atoms with van der Waals surface area (Å²) in [5.74, 6) is 0.523. The third-order valence-electron chi connectivity index (χ3n) is 7.87. The second-order valence-corrected chi connectivity index (χ2v) is 9.09. The van der Waals surface area contributed by atoms with E-state index in [0.29, 0.717) is 18.3 Å². The summed E-state index contributed by atoms with van der Waals surface area (Å²) in [5.41, 5.74) is 2.76. The van der Waals surface area contributed by atoms with Gasteiger partial charge in [-0.2, -0.15) is 0 Å². The molecular formula is C21H31FO3. The van der Waals surface area contributed by atoms with Crippen LogP contribution in [0.1, 0.15) is 71.6 Å². The van der Waals surface area contributed by atoms with Crippen molar-refractivity contribution in [3.05, 3.63) is 11.1 Å². The second kappa shape index (κ2) is 6.37. The van der Waals surface area contributed by atoms with Crippen LogP contribution in [0, 0.1) is 23.2 Å². The fraction of sp³-hybridized carbons (Fsp3) is 0.857. The molecule has 2 saturated carbocycles. The van der Waals surface area contributed by atoms with E-state index in [1.165, 1.54) is 18.1 Å². The smallest absolute Gasteiger partial charge is 0.302 e. The van der Waals surface area contributed by atoms with Gasteiger partial charge in [-0.1, -0.05) is 18.1 Å². The first kappa shape index (κ1) is 17.5. The third kappa shape index (κ3) is 2.85. The van der Waals surface area contributed by atoms with Crippen LogP contribution in [-0.2, 0) is 9.53 Å². The number of hydrogen-bond donors (Lipinski definition) is 1. The zero-order valence-electron chi connectivity index (χ0n) is 15.5. The molecule has 0 aromatic carbocycles. The summed E-state index contributed by atoms with van der Waals surface area (Å²) >= 11 is 0. The van der Waals surface area contributed by atoms with Gasteiger partial charge in [0.2, 0.25) is 0 Å². The Kier molecular flexibility index (Phi) is 4.46. The van der Waals surface area contributed by atoms with E-state index in [-0.39, 0.29) is 29.5 Å². The number of carbonyl (C=O) groups is 1. The summed E-state index contributed by atoms with van der Waals surface area (Å²) in [6.07, 6.45) is 6.81. The van der Waals surface area contributed by atoms with Gasteiger partial charge in [0.1, 0.15) is 12.3 Å². The summed E-state index contributed by atoms with van der Waals surface area (Å²) in [4.78, 5) is 11.3. The first-order valence-corrected chi connectivity index (χ1v) is 10.1. The van der Waals surface area contributed by atoms with Crippen molar-refractivity contribution in [3.8, 4) is 0 Å². The van der Waals surface area contributed by atoms with Crippen molar-refractivity contribution >= 4 is 5.97 Å². The highest BCUT2D eigenvalue weighted by atomic mass is 19.1. The Balaban J connectivity index is 1.62. The molecule has 0 unspecified atom stereocenters. The van der Waals surface area contributed by atoms with Crippen LogP contribution in [0.3, 0.4) is 0 Å². The first-order chi connectivity index (χ1) is 11.9. The molecule has 0 aromatic rings. The summed E-state index contributed by atoms with van der Waals surface area (Å²) in [6, 6.07) is 0. The van der Waals surface area contributed by atoms with Crippen LogP contribution in [0.4, 0.5) is 4.39 Å². The van der Waals surface area contributed by atoms with E-state index in [0.717, 1.165) is 51.4 Å². The van der Waals surface area contributed by atoms with Crippen molar-refractivity contribution in [2.45, 2.75) is 90.0 Å². The minimum Gasteiger partial charge on any atom is -0.462 e. The molecule has 0 spiro atoms. The lowest BCUT2D eigenvalue weighted by molar-refractivity contribution is -0.146. The molecule has 0 bridgehead atoms. The maximum Gasteiger partial charge on any atom is 0.302 e.